The second kappa shape index (κ2) is 5.25. The molecule has 4 nitrogen and oxygen atoms in total. The van der Waals surface area contributed by atoms with E-state index in [-0.39, 0.29) is 6.03 Å². The van der Waals surface area contributed by atoms with Crippen molar-refractivity contribution in [1.82, 2.24) is 5.32 Å². The second-order valence-corrected chi connectivity index (χ2v) is 4.89. The number of fused-ring (bicyclic) bond motifs is 1. The average Bonchev–Trinajstić information content (AvgIpc) is 2.91. The summed E-state index contributed by atoms with van der Waals surface area (Å²) in [5, 5.41) is 2.95. The van der Waals surface area contributed by atoms with Gasteiger partial charge in [0.25, 0.3) is 0 Å². The van der Waals surface area contributed by atoms with Gasteiger partial charge in [0.05, 0.1) is 5.69 Å². The summed E-state index contributed by atoms with van der Waals surface area (Å²) in [6.07, 6.45) is 0.820. The molecule has 1 heterocycles. The Morgan fingerprint density at radius 1 is 1.15 bits per heavy atom. The van der Waals surface area contributed by atoms with Crippen LogP contribution in [0.3, 0.4) is 0 Å². The molecule has 0 saturated heterocycles. The lowest BCUT2D eigenvalue weighted by atomic mass is 10.1. The molecule has 3 N–H and O–H groups in total. The molecule has 0 unspecified atom stereocenters. The Labute approximate surface area is 118 Å². The Hall–Kier alpha value is -2.49. The lowest BCUT2D eigenvalue weighted by molar-refractivity contribution is 0.246. The molecule has 2 aromatic carbocycles. The number of nitrogens with two attached hydrogens (primary N) is 1. The first-order chi connectivity index (χ1) is 9.75. The third-order valence-corrected chi connectivity index (χ3v) is 3.60. The summed E-state index contributed by atoms with van der Waals surface area (Å²) in [6.45, 7) is 1.22. The van der Waals surface area contributed by atoms with Gasteiger partial charge in [0.15, 0.2) is 0 Å². The Bertz CT molecular complexity index is 625. The van der Waals surface area contributed by atoms with Crippen molar-refractivity contribution in [2.75, 3.05) is 17.2 Å². The van der Waals surface area contributed by atoms with E-state index in [4.69, 9.17) is 5.73 Å². The highest BCUT2D eigenvalue weighted by Gasteiger charge is 2.25. The number of carbonyl (C=O) groups is 1. The molecule has 20 heavy (non-hydrogen) atoms. The SMILES string of the molecule is Nc1cccc2c1CCN2C(=O)NCc1ccccc1. The van der Waals surface area contributed by atoms with Crippen molar-refractivity contribution in [3.05, 3.63) is 59.7 Å². The summed E-state index contributed by atoms with van der Waals surface area (Å²) in [6, 6.07) is 15.5. The molecular formula is C16H17N3O. The monoisotopic (exact) mass is 267 g/mol. The predicted molar refractivity (Wildman–Crippen MR) is 80.6 cm³/mol. The molecule has 2 amide bonds. The number of hydrogen-bond acceptors (Lipinski definition) is 2. The van der Waals surface area contributed by atoms with E-state index >= 15 is 0 Å². The molecule has 2 aromatic rings. The van der Waals surface area contributed by atoms with Gasteiger partial charge in [-0.2, -0.15) is 0 Å². The first kappa shape index (κ1) is 12.5. The van der Waals surface area contributed by atoms with E-state index in [1.165, 1.54) is 0 Å². The van der Waals surface area contributed by atoms with Crippen LogP contribution in [0.15, 0.2) is 48.5 Å². The van der Waals surface area contributed by atoms with Gasteiger partial charge in [0.2, 0.25) is 0 Å². The quantitative estimate of drug-likeness (QED) is 0.821. The second-order valence-electron chi connectivity index (χ2n) is 4.89. The predicted octanol–water partition coefficient (Wildman–Crippen LogP) is 2.54. The third kappa shape index (κ3) is 2.32. The molecule has 0 bridgehead atoms. The number of nitrogens with one attached hydrogen (secondary N) is 1. The summed E-state index contributed by atoms with van der Waals surface area (Å²) >= 11 is 0. The molecular weight excluding hydrogens is 250 g/mol. The number of amides is 2. The summed E-state index contributed by atoms with van der Waals surface area (Å²) in [7, 11) is 0. The van der Waals surface area contributed by atoms with Crippen molar-refractivity contribution in [1.29, 1.82) is 0 Å². The Kier molecular flexibility index (Phi) is 3.29. The first-order valence-electron chi connectivity index (χ1n) is 6.72. The van der Waals surface area contributed by atoms with Crippen LogP contribution in [-0.4, -0.2) is 12.6 Å². The van der Waals surface area contributed by atoms with Crippen molar-refractivity contribution in [3.8, 4) is 0 Å². The van der Waals surface area contributed by atoms with E-state index in [0.29, 0.717) is 13.1 Å². The van der Waals surface area contributed by atoms with Crippen molar-refractivity contribution in [2.24, 2.45) is 0 Å². The minimum Gasteiger partial charge on any atom is -0.398 e. The molecule has 0 aliphatic carbocycles. The van der Waals surface area contributed by atoms with Crippen LogP contribution in [0.4, 0.5) is 16.2 Å². The van der Waals surface area contributed by atoms with E-state index in [1.807, 2.05) is 48.5 Å². The largest absolute Gasteiger partial charge is 0.398 e. The molecule has 0 saturated carbocycles. The fraction of sp³-hybridized carbons (Fsp3) is 0.188. The molecule has 4 heteroatoms. The van der Waals surface area contributed by atoms with Gasteiger partial charge in [-0.3, -0.25) is 4.90 Å². The number of urea groups is 1. The van der Waals surface area contributed by atoms with Crippen molar-refractivity contribution < 1.29 is 4.79 Å². The van der Waals surface area contributed by atoms with E-state index in [9.17, 15) is 4.79 Å². The maximum atomic E-state index is 12.3. The van der Waals surface area contributed by atoms with Crippen molar-refractivity contribution in [3.63, 3.8) is 0 Å². The maximum Gasteiger partial charge on any atom is 0.322 e. The number of nitrogen functional groups attached to an aromatic ring is 1. The number of nitrogens with zero attached hydrogens (tertiary/aromatic N) is 1. The lowest BCUT2D eigenvalue weighted by Gasteiger charge is -2.18. The van der Waals surface area contributed by atoms with Gasteiger partial charge in [0.1, 0.15) is 0 Å². The van der Waals surface area contributed by atoms with Crippen LogP contribution < -0.4 is 16.0 Å². The number of carbonyl (C=O) groups excluding carboxylic acids is 1. The Morgan fingerprint density at radius 2 is 1.95 bits per heavy atom. The normalized spacial score (nSPS) is 13.1. The smallest absolute Gasteiger partial charge is 0.322 e. The van der Waals surface area contributed by atoms with E-state index in [2.05, 4.69) is 5.32 Å². The summed E-state index contributed by atoms with van der Waals surface area (Å²) in [5.41, 5.74) is 9.79. The van der Waals surface area contributed by atoms with Crippen molar-refractivity contribution >= 4 is 17.4 Å². The molecule has 1 aliphatic rings. The fourth-order valence-electron chi connectivity index (χ4n) is 2.54. The highest BCUT2D eigenvalue weighted by atomic mass is 16.2. The number of benzene rings is 2. The lowest BCUT2D eigenvalue weighted by Crippen LogP contribution is -2.38. The topological polar surface area (TPSA) is 58.4 Å². The summed E-state index contributed by atoms with van der Waals surface area (Å²) < 4.78 is 0. The van der Waals surface area contributed by atoms with Crippen LogP contribution in [0.5, 0.6) is 0 Å². The van der Waals surface area contributed by atoms with Gasteiger partial charge < -0.3 is 11.1 Å². The maximum absolute atomic E-state index is 12.3. The van der Waals surface area contributed by atoms with Crippen LogP contribution in [-0.2, 0) is 13.0 Å². The van der Waals surface area contributed by atoms with E-state index < -0.39 is 0 Å². The summed E-state index contributed by atoms with van der Waals surface area (Å²) in [4.78, 5) is 14.0. The number of hydrogen-bond donors (Lipinski definition) is 2. The Balaban J connectivity index is 1.70. The average molecular weight is 267 g/mol. The summed E-state index contributed by atoms with van der Waals surface area (Å²) in [5.74, 6) is 0. The van der Waals surface area contributed by atoms with Gasteiger partial charge in [-0.15, -0.1) is 0 Å². The zero-order valence-corrected chi connectivity index (χ0v) is 11.2. The molecule has 0 atom stereocenters. The number of rotatable bonds is 2. The van der Waals surface area contributed by atoms with Gasteiger partial charge in [0, 0.05) is 24.3 Å². The zero-order valence-electron chi connectivity index (χ0n) is 11.2. The van der Waals surface area contributed by atoms with Crippen LogP contribution in [0.25, 0.3) is 0 Å². The minimum absolute atomic E-state index is 0.0711. The Morgan fingerprint density at radius 3 is 2.75 bits per heavy atom. The fourth-order valence-corrected chi connectivity index (χ4v) is 2.54. The third-order valence-electron chi connectivity index (χ3n) is 3.60. The molecule has 3 rings (SSSR count). The zero-order chi connectivity index (χ0) is 13.9. The van der Waals surface area contributed by atoms with E-state index in [0.717, 1.165) is 28.9 Å². The van der Waals surface area contributed by atoms with Gasteiger partial charge >= 0.3 is 6.03 Å². The van der Waals surface area contributed by atoms with Crippen LogP contribution in [0, 0.1) is 0 Å². The van der Waals surface area contributed by atoms with Gasteiger partial charge in [-0.25, -0.2) is 4.79 Å². The van der Waals surface area contributed by atoms with Crippen molar-refractivity contribution in [2.45, 2.75) is 13.0 Å². The van der Waals surface area contributed by atoms with Crippen LogP contribution in [0.1, 0.15) is 11.1 Å². The molecule has 1 aliphatic heterocycles. The molecule has 0 fully saturated rings. The van der Waals surface area contributed by atoms with Crippen LogP contribution in [0.2, 0.25) is 0 Å². The molecule has 0 radical (unpaired) electrons. The highest BCUT2D eigenvalue weighted by molar-refractivity contribution is 5.95. The van der Waals surface area contributed by atoms with E-state index in [1.54, 1.807) is 4.90 Å². The van der Waals surface area contributed by atoms with Gasteiger partial charge in [-0.1, -0.05) is 36.4 Å². The molecule has 102 valence electrons. The standard InChI is InChI=1S/C16H17N3O/c17-14-7-4-8-15-13(14)9-10-19(15)16(20)18-11-12-5-2-1-3-6-12/h1-8H,9-11,17H2,(H,18,20). The first-order valence-corrected chi connectivity index (χ1v) is 6.72. The molecule has 0 aromatic heterocycles. The number of anilines is 2. The van der Waals surface area contributed by atoms with Gasteiger partial charge in [-0.05, 0) is 24.1 Å². The molecule has 0 spiro atoms. The highest BCUT2D eigenvalue weighted by Crippen LogP contribution is 2.31. The minimum atomic E-state index is -0.0711. The van der Waals surface area contributed by atoms with Crippen LogP contribution >= 0.6 is 0 Å².